The molecule has 1 heterocycles. The molecule has 1 aliphatic heterocycles. The first-order chi connectivity index (χ1) is 12.0. The third kappa shape index (κ3) is 6.22. The van der Waals surface area contributed by atoms with E-state index in [9.17, 15) is 18.8 Å². The van der Waals surface area contributed by atoms with Crippen LogP contribution in [0.3, 0.4) is 0 Å². The molecule has 136 valence electrons. The van der Waals surface area contributed by atoms with Gasteiger partial charge in [0.05, 0.1) is 5.02 Å². The normalized spacial score (nSPS) is 14.6. The van der Waals surface area contributed by atoms with E-state index < -0.39 is 24.2 Å². The van der Waals surface area contributed by atoms with Crippen molar-refractivity contribution in [3.05, 3.63) is 29.0 Å². The van der Waals surface area contributed by atoms with Crippen LogP contribution in [0.15, 0.2) is 18.2 Å². The molecule has 0 atom stereocenters. The maximum absolute atomic E-state index is 12.9. The number of ether oxygens (including phenoxy) is 1. The summed E-state index contributed by atoms with van der Waals surface area (Å²) in [5, 5.41) is 0.0384. The van der Waals surface area contributed by atoms with E-state index in [0.717, 1.165) is 31.4 Å². The first-order valence-corrected chi connectivity index (χ1v) is 8.27. The van der Waals surface area contributed by atoms with Gasteiger partial charge in [0.1, 0.15) is 18.1 Å². The number of carbonyl (C=O) groups is 3. The molecule has 25 heavy (non-hydrogen) atoms. The highest BCUT2D eigenvalue weighted by Gasteiger charge is 2.19. The number of hydrogen-bond acceptors (Lipinski definition) is 4. The summed E-state index contributed by atoms with van der Waals surface area (Å²) in [7, 11) is 0. The van der Waals surface area contributed by atoms with E-state index in [1.165, 1.54) is 11.0 Å². The van der Waals surface area contributed by atoms with Crippen LogP contribution in [0.2, 0.25) is 5.02 Å². The first kappa shape index (κ1) is 19.0. The van der Waals surface area contributed by atoms with Crippen molar-refractivity contribution in [1.82, 2.24) is 15.8 Å². The van der Waals surface area contributed by atoms with E-state index in [0.29, 0.717) is 13.0 Å². The Morgan fingerprint density at radius 2 is 1.96 bits per heavy atom. The van der Waals surface area contributed by atoms with E-state index in [2.05, 4.69) is 10.9 Å². The number of amides is 3. The second kappa shape index (κ2) is 9.22. The zero-order valence-corrected chi connectivity index (χ0v) is 14.3. The molecule has 0 radical (unpaired) electrons. The predicted molar refractivity (Wildman–Crippen MR) is 88.2 cm³/mol. The Labute approximate surface area is 149 Å². The van der Waals surface area contributed by atoms with Gasteiger partial charge in [0.2, 0.25) is 5.91 Å². The zero-order valence-electron chi connectivity index (χ0n) is 13.5. The smallest absolute Gasteiger partial charge is 0.276 e. The molecule has 1 saturated heterocycles. The summed E-state index contributed by atoms with van der Waals surface area (Å²) in [6.45, 7) is 0.0183. The molecule has 0 aliphatic carbocycles. The highest BCUT2D eigenvalue weighted by molar-refractivity contribution is 6.32. The molecule has 0 spiro atoms. The Balaban J connectivity index is 1.71. The van der Waals surface area contributed by atoms with Gasteiger partial charge in [0.25, 0.3) is 11.8 Å². The molecular weight excluding hydrogens is 353 g/mol. The van der Waals surface area contributed by atoms with Crippen LogP contribution in [0.25, 0.3) is 0 Å². The number of rotatable bonds is 5. The fraction of sp³-hybridized carbons (Fsp3) is 0.438. The maximum Gasteiger partial charge on any atom is 0.276 e. The molecule has 1 aromatic carbocycles. The van der Waals surface area contributed by atoms with Crippen LogP contribution in [0.4, 0.5) is 4.39 Å². The highest BCUT2D eigenvalue weighted by atomic mass is 35.5. The molecule has 1 aromatic rings. The highest BCUT2D eigenvalue weighted by Crippen LogP contribution is 2.24. The van der Waals surface area contributed by atoms with Crippen molar-refractivity contribution >= 4 is 29.3 Å². The Morgan fingerprint density at radius 1 is 1.20 bits per heavy atom. The van der Waals surface area contributed by atoms with Gasteiger partial charge in [-0.15, -0.1) is 0 Å². The fourth-order valence-electron chi connectivity index (χ4n) is 2.33. The topological polar surface area (TPSA) is 87.7 Å². The van der Waals surface area contributed by atoms with Crippen LogP contribution in [0, 0.1) is 5.82 Å². The van der Waals surface area contributed by atoms with Gasteiger partial charge >= 0.3 is 0 Å². The van der Waals surface area contributed by atoms with Crippen molar-refractivity contribution in [2.45, 2.75) is 25.7 Å². The lowest BCUT2D eigenvalue weighted by Crippen LogP contribution is -2.48. The molecule has 3 amide bonds. The quantitative estimate of drug-likeness (QED) is 0.766. The summed E-state index contributed by atoms with van der Waals surface area (Å²) >= 11 is 5.77. The Hall–Kier alpha value is -2.35. The number of carbonyl (C=O) groups excluding carboxylic acids is 3. The third-order valence-electron chi connectivity index (χ3n) is 3.60. The molecule has 1 aliphatic rings. The number of hydrazine groups is 1. The van der Waals surface area contributed by atoms with E-state index in [1.807, 2.05) is 0 Å². The molecule has 0 unspecified atom stereocenters. The second-order valence-corrected chi connectivity index (χ2v) is 5.99. The number of halogens is 2. The number of nitrogens with zero attached hydrogens (tertiary/aromatic N) is 1. The van der Waals surface area contributed by atoms with Crippen LogP contribution in [0.1, 0.15) is 25.7 Å². The van der Waals surface area contributed by atoms with Crippen molar-refractivity contribution in [2.24, 2.45) is 0 Å². The summed E-state index contributed by atoms with van der Waals surface area (Å²) < 4.78 is 18.0. The van der Waals surface area contributed by atoms with E-state index in [4.69, 9.17) is 16.3 Å². The van der Waals surface area contributed by atoms with Crippen LogP contribution < -0.4 is 15.6 Å². The largest absolute Gasteiger partial charge is 0.482 e. The summed E-state index contributed by atoms with van der Waals surface area (Å²) in [6.07, 6.45) is 3.09. The van der Waals surface area contributed by atoms with Crippen LogP contribution in [0.5, 0.6) is 5.75 Å². The maximum atomic E-state index is 12.9. The molecular formula is C16H19ClFN3O4. The number of likely N-dealkylation sites (tertiary alicyclic amines) is 1. The van der Waals surface area contributed by atoms with Gasteiger partial charge in [-0.3, -0.25) is 25.2 Å². The first-order valence-electron chi connectivity index (χ1n) is 7.89. The minimum Gasteiger partial charge on any atom is -0.482 e. The van der Waals surface area contributed by atoms with Crippen molar-refractivity contribution < 1.29 is 23.5 Å². The van der Waals surface area contributed by atoms with E-state index >= 15 is 0 Å². The standard InChI is InChI=1S/C16H19ClFN3O4/c17-12-8-11(18)5-6-13(12)25-10-15(23)20-19-14(22)9-21-7-3-1-2-4-16(21)24/h5-6,8H,1-4,7,9-10H2,(H,19,22)(H,20,23). The van der Waals surface area contributed by atoms with Gasteiger partial charge < -0.3 is 9.64 Å². The number of hydrogen-bond donors (Lipinski definition) is 2. The SMILES string of the molecule is O=C(COc1ccc(F)cc1Cl)NNC(=O)CN1CCCCCC1=O. The lowest BCUT2D eigenvalue weighted by molar-refractivity contribution is -0.136. The molecule has 7 nitrogen and oxygen atoms in total. The minimum atomic E-state index is -0.615. The average Bonchev–Trinajstić information content (AvgIpc) is 2.77. The van der Waals surface area contributed by atoms with Gasteiger partial charge in [-0.25, -0.2) is 4.39 Å². The molecule has 2 rings (SSSR count). The molecule has 2 N–H and O–H groups in total. The van der Waals surface area contributed by atoms with Gasteiger partial charge in [-0.05, 0) is 31.0 Å². The lowest BCUT2D eigenvalue weighted by Gasteiger charge is -2.19. The minimum absolute atomic E-state index is 0.0384. The predicted octanol–water partition coefficient (Wildman–Crippen LogP) is 1.41. The lowest BCUT2D eigenvalue weighted by atomic mass is 10.2. The summed E-state index contributed by atoms with van der Waals surface area (Å²) in [5.41, 5.74) is 4.41. The van der Waals surface area contributed by atoms with Gasteiger partial charge in [0.15, 0.2) is 6.61 Å². The van der Waals surface area contributed by atoms with Gasteiger partial charge in [0, 0.05) is 13.0 Å². The fourth-order valence-corrected chi connectivity index (χ4v) is 2.55. The van der Waals surface area contributed by atoms with Crippen molar-refractivity contribution in [3.8, 4) is 5.75 Å². The molecule has 1 fully saturated rings. The Kier molecular flexibility index (Phi) is 7.00. The van der Waals surface area contributed by atoms with Crippen LogP contribution in [-0.2, 0) is 14.4 Å². The zero-order chi connectivity index (χ0) is 18.2. The second-order valence-electron chi connectivity index (χ2n) is 5.59. The van der Waals surface area contributed by atoms with Crippen molar-refractivity contribution in [3.63, 3.8) is 0 Å². The van der Waals surface area contributed by atoms with Gasteiger partial charge in [-0.2, -0.15) is 0 Å². The molecule has 0 aromatic heterocycles. The molecule has 0 bridgehead atoms. The molecule has 9 heteroatoms. The summed E-state index contributed by atoms with van der Waals surface area (Å²) in [6, 6.07) is 3.52. The Morgan fingerprint density at radius 3 is 2.72 bits per heavy atom. The van der Waals surface area contributed by atoms with E-state index in [-0.39, 0.29) is 23.2 Å². The monoisotopic (exact) mass is 371 g/mol. The summed E-state index contributed by atoms with van der Waals surface area (Å²) in [5.74, 6) is -1.54. The third-order valence-corrected chi connectivity index (χ3v) is 3.90. The molecule has 0 saturated carbocycles. The van der Waals surface area contributed by atoms with Gasteiger partial charge in [-0.1, -0.05) is 18.0 Å². The average molecular weight is 372 g/mol. The number of benzene rings is 1. The van der Waals surface area contributed by atoms with Crippen molar-refractivity contribution in [2.75, 3.05) is 19.7 Å². The van der Waals surface area contributed by atoms with E-state index in [1.54, 1.807) is 0 Å². The number of nitrogens with one attached hydrogen (secondary N) is 2. The Bertz CT molecular complexity index is 656. The summed E-state index contributed by atoms with van der Waals surface area (Å²) in [4.78, 5) is 36.8. The van der Waals surface area contributed by atoms with Crippen molar-refractivity contribution in [1.29, 1.82) is 0 Å². The van der Waals surface area contributed by atoms with Crippen LogP contribution in [-0.4, -0.2) is 42.3 Å². The van der Waals surface area contributed by atoms with Crippen LogP contribution >= 0.6 is 11.6 Å².